The third-order valence-corrected chi connectivity index (χ3v) is 9.58. The molecule has 0 radical (unpaired) electrons. The van der Waals surface area contributed by atoms with Gasteiger partial charge in [0.2, 0.25) is 17.7 Å². The number of amides is 6. The van der Waals surface area contributed by atoms with Crippen LogP contribution in [0.5, 0.6) is 0 Å². The smallest absolute Gasteiger partial charge is 0.254 e. The van der Waals surface area contributed by atoms with E-state index < -0.39 is 18.1 Å². The van der Waals surface area contributed by atoms with Gasteiger partial charge in [-0.3, -0.25) is 28.8 Å². The summed E-state index contributed by atoms with van der Waals surface area (Å²) < 4.78 is 0. The number of hydrogen-bond acceptors (Lipinski definition) is 6. The first-order chi connectivity index (χ1) is 23.3. The van der Waals surface area contributed by atoms with Crippen LogP contribution in [0.1, 0.15) is 69.6 Å². The standard InChI is InChI=1S/C36H36N6O6/c43-31-28-13-5-17-41(28)35(47)23-8-2-12-27(20-23)39-33(45)30-15-6-18-42(30)36(48)24-9-3-11-26(21-24)38-32(44)29-14-4-16-40(29)34(46)22-7-1-10-25(19-22)37-31/h1-3,7-12,19-21,28-30H,4-6,13-18H2,(H,37,43)(H,38,44)(H,39,45)/t28-,29-,30-/m0/s1. The molecule has 4 heterocycles. The van der Waals surface area contributed by atoms with E-state index >= 15 is 0 Å². The first-order valence-corrected chi connectivity index (χ1v) is 16.4. The minimum atomic E-state index is -0.720. The Morgan fingerprint density at radius 1 is 0.438 bits per heavy atom. The second-order valence-corrected chi connectivity index (χ2v) is 12.7. The fourth-order valence-electron chi connectivity index (χ4n) is 7.21. The molecule has 0 spiro atoms. The van der Waals surface area contributed by atoms with E-state index in [0.29, 0.717) is 91.9 Å². The second-order valence-electron chi connectivity index (χ2n) is 12.7. The van der Waals surface area contributed by atoms with Crippen LogP contribution in [0.3, 0.4) is 0 Å². The van der Waals surface area contributed by atoms with Gasteiger partial charge in [-0.2, -0.15) is 0 Å². The summed E-state index contributed by atoms with van der Waals surface area (Å²) in [7, 11) is 0. The quantitative estimate of drug-likeness (QED) is 0.339. The van der Waals surface area contributed by atoms with Crippen molar-refractivity contribution in [1.82, 2.24) is 14.7 Å². The number of carbonyl (C=O) groups is 6. The topological polar surface area (TPSA) is 148 Å². The van der Waals surface area contributed by atoms with Crippen molar-refractivity contribution in [2.45, 2.75) is 56.7 Å². The number of hydrogen-bond donors (Lipinski definition) is 3. The van der Waals surface area contributed by atoms with Gasteiger partial charge in [-0.25, -0.2) is 0 Å². The molecule has 0 saturated carbocycles. The average molecular weight is 649 g/mol. The first-order valence-electron chi connectivity index (χ1n) is 16.4. The van der Waals surface area contributed by atoms with E-state index in [-0.39, 0.29) is 35.4 Å². The molecule has 48 heavy (non-hydrogen) atoms. The predicted molar refractivity (Wildman–Crippen MR) is 177 cm³/mol. The number of nitrogens with zero attached hydrogens (tertiary/aromatic N) is 3. The predicted octanol–water partition coefficient (Wildman–Crippen LogP) is 3.73. The van der Waals surface area contributed by atoms with Gasteiger partial charge in [0.25, 0.3) is 17.7 Å². The summed E-state index contributed by atoms with van der Waals surface area (Å²) in [6, 6.07) is 17.6. The molecule has 246 valence electrons. The third-order valence-electron chi connectivity index (χ3n) is 9.58. The fraction of sp³-hybridized carbons (Fsp3) is 0.333. The van der Waals surface area contributed by atoms with Crippen LogP contribution in [-0.4, -0.2) is 87.9 Å². The van der Waals surface area contributed by atoms with Crippen molar-refractivity contribution in [2.24, 2.45) is 0 Å². The Balaban J connectivity index is 1.23. The Labute approximate surface area is 277 Å². The number of benzene rings is 3. The fourth-order valence-corrected chi connectivity index (χ4v) is 7.21. The van der Waals surface area contributed by atoms with E-state index in [1.807, 2.05) is 0 Å². The molecule has 3 aromatic rings. The van der Waals surface area contributed by atoms with E-state index in [1.165, 1.54) is 14.7 Å². The summed E-state index contributed by atoms with van der Waals surface area (Å²) in [4.78, 5) is 86.1. The van der Waals surface area contributed by atoms with Crippen LogP contribution < -0.4 is 16.0 Å². The average Bonchev–Trinajstić information content (AvgIpc) is 3.89. The van der Waals surface area contributed by atoms with Crippen molar-refractivity contribution in [1.29, 1.82) is 0 Å². The van der Waals surface area contributed by atoms with E-state index in [1.54, 1.807) is 72.8 Å². The van der Waals surface area contributed by atoms with E-state index in [2.05, 4.69) is 16.0 Å². The lowest BCUT2D eigenvalue weighted by atomic mass is 10.1. The van der Waals surface area contributed by atoms with Gasteiger partial charge in [0, 0.05) is 53.4 Å². The Morgan fingerprint density at radius 2 is 0.729 bits per heavy atom. The van der Waals surface area contributed by atoms with Crippen LogP contribution in [0.25, 0.3) is 0 Å². The number of anilines is 3. The van der Waals surface area contributed by atoms with Crippen molar-refractivity contribution in [2.75, 3.05) is 35.6 Å². The summed E-state index contributed by atoms with van der Waals surface area (Å²) in [6.45, 7) is 1.18. The van der Waals surface area contributed by atoms with Crippen molar-refractivity contribution < 1.29 is 28.8 Å². The maximum Gasteiger partial charge on any atom is 0.254 e. The lowest BCUT2D eigenvalue weighted by Crippen LogP contribution is -2.44. The van der Waals surface area contributed by atoms with E-state index in [4.69, 9.17) is 0 Å². The van der Waals surface area contributed by atoms with Crippen molar-refractivity contribution in [3.05, 3.63) is 89.5 Å². The van der Waals surface area contributed by atoms with Crippen LogP contribution in [-0.2, 0) is 14.4 Å². The minimum absolute atomic E-state index is 0.327. The second kappa shape index (κ2) is 12.9. The van der Waals surface area contributed by atoms with Crippen LogP contribution in [0.2, 0.25) is 0 Å². The summed E-state index contributed by atoms with van der Waals surface area (Å²) in [5.74, 6) is -2.10. The zero-order valence-corrected chi connectivity index (χ0v) is 26.3. The first kappa shape index (κ1) is 31.1. The third kappa shape index (κ3) is 6.01. The van der Waals surface area contributed by atoms with Gasteiger partial charge in [-0.05, 0) is 93.1 Å². The molecule has 7 rings (SSSR count). The van der Waals surface area contributed by atoms with Gasteiger partial charge in [-0.15, -0.1) is 0 Å². The van der Waals surface area contributed by atoms with Crippen molar-refractivity contribution in [3.8, 4) is 0 Å². The maximum atomic E-state index is 13.7. The van der Waals surface area contributed by atoms with Gasteiger partial charge < -0.3 is 30.7 Å². The normalized spacial score (nSPS) is 23.5. The van der Waals surface area contributed by atoms with Crippen LogP contribution in [0.15, 0.2) is 72.8 Å². The molecule has 4 aliphatic heterocycles. The number of carbonyl (C=O) groups excluding carboxylic acids is 6. The Morgan fingerprint density at radius 3 is 1.02 bits per heavy atom. The molecule has 6 amide bonds. The summed E-state index contributed by atoms with van der Waals surface area (Å²) >= 11 is 0. The molecule has 4 aliphatic rings. The minimum Gasteiger partial charge on any atom is -0.327 e. The zero-order chi connectivity index (χ0) is 33.4. The molecular weight excluding hydrogens is 612 g/mol. The molecule has 0 aliphatic carbocycles. The molecule has 12 heteroatoms. The van der Waals surface area contributed by atoms with Crippen LogP contribution in [0, 0.1) is 0 Å². The van der Waals surface area contributed by atoms with E-state index in [0.717, 1.165) is 0 Å². The highest BCUT2D eigenvalue weighted by Crippen LogP contribution is 2.27. The van der Waals surface area contributed by atoms with Crippen molar-refractivity contribution in [3.63, 3.8) is 0 Å². The van der Waals surface area contributed by atoms with Gasteiger partial charge in [-0.1, -0.05) is 18.2 Å². The summed E-state index contributed by atoms with van der Waals surface area (Å²) in [5, 5.41) is 8.65. The highest BCUT2D eigenvalue weighted by Gasteiger charge is 2.38. The monoisotopic (exact) mass is 648 g/mol. The Kier molecular flexibility index (Phi) is 8.38. The molecule has 0 aromatic heterocycles. The van der Waals surface area contributed by atoms with Crippen LogP contribution in [0.4, 0.5) is 17.1 Å². The van der Waals surface area contributed by atoms with Crippen molar-refractivity contribution >= 4 is 52.5 Å². The Bertz CT molecular complexity index is 1620. The molecule has 12 nitrogen and oxygen atoms in total. The lowest BCUT2D eigenvalue weighted by Gasteiger charge is -2.26. The molecule has 3 atom stereocenters. The molecule has 6 bridgehead atoms. The van der Waals surface area contributed by atoms with Gasteiger partial charge in [0.05, 0.1) is 0 Å². The highest BCUT2D eigenvalue weighted by atomic mass is 16.2. The summed E-state index contributed by atoms with van der Waals surface area (Å²) in [6.07, 6.45) is 3.36. The molecule has 3 saturated heterocycles. The van der Waals surface area contributed by atoms with Gasteiger partial charge in [0.15, 0.2) is 0 Å². The molecule has 3 aromatic carbocycles. The summed E-state index contributed by atoms with van der Waals surface area (Å²) in [5.41, 5.74) is 2.21. The van der Waals surface area contributed by atoms with Gasteiger partial charge in [0.1, 0.15) is 18.1 Å². The molecule has 3 fully saturated rings. The Hall–Kier alpha value is -5.52. The zero-order valence-electron chi connectivity index (χ0n) is 26.3. The molecular formula is C36H36N6O6. The van der Waals surface area contributed by atoms with Crippen LogP contribution >= 0.6 is 0 Å². The molecule has 0 unspecified atom stereocenters. The number of rotatable bonds is 0. The largest absolute Gasteiger partial charge is 0.327 e. The molecule has 3 N–H and O–H groups in total. The number of fused-ring (bicyclic) bond motifs is 9. The van der Waals surface area contributed by atoms with Gasteiger partial charge >= 0.3 is 0 Å². The lowest BCUT2D eigenvalue weighted by molar-refractivity contribution is -0.120. The van der Waals surface area contributed by atoms with E-state index in [9.17, 15) is 28.8 Å². The highest BCUT2D eigenvalue weighted by molar-refractivity contribution is 6.06. The maximum absolute atomic E-state index is 13.7. The SMILES string of the molecule is O=C1Nc2cccc(c2)C(=O)N2CCC[C@H]2C(=O)Nc2cccc(c2)C(=O)N2CCC[C@H]2C(=O)Nc2cccc(c2)C(=O)N2CCC[C@@H]12. The number of nitrogens with one attached hydrogen (secondary N) is 3.